The number of methoxy groups -OCH3 is 1. The fourth-order valence-electron chi connectivity index (χ4n) is 2.45. The number of hydrogen-bond acceptors (Lipinski definition) is 5. The number of amides is 2. The van der Waals surface area contributed by atoms with Crippen LogP contribution in [0, 0.1) is 5.82 Å². The zero-order chi connectivity index (χ0) is 19.2. The third-order valence-electron chi connectivity index (χ3n) is 4.09. The first-order valence-corrected chi connectivity index (χ1v) is 9.43. The largest absolute Gasteiger partial charge is 0.489 e. The van der Waals surface area contributed by atoms with Gasteiger partial charge in [0.25, 0.3) is 0 Å². The van der Waals surface area contributed by atoms with E-state index in [4.69, 9.17) is 9.47 Å². The number of rotatable bonds is 8. The van der Waals surface area contributed by atoms with Crippen LogP contribution in [-0.4, -0.2) is 66.7 Å². The minimum absolute atomic E-state index is 0.148. The molecule has 144 valence electrons. The number of nitrogens with one attached hydrogen (secondary N) is 1. The van der Waals surface area contributed by atoms with Crippen molar-refractivity contribution in [3.05, 3.63) is 30.1 Å². The number of carbonyl (C=O) groups is 2. The predicted octanol–water partition coefficient (Wildman–Crippen LogP) is 1.69. The van der Waals surface area contributed by atoms with Crippen LogP contribution in [0.25, 0.3) is 0 Å². The molecule has 1 aromatic rings. The number of nitrogens with zero attached hydrogens (tertiary/aromatic N) is 1. The van der Waals surface area contributed by atoms with Gasteiger partial charge in [-0.05, 0) is 26.0 Å². The molecule has 0 unspecified atom stereocenters. The number of halogens is 1. The summed E-state index contributed by atoms with van der Waals surface area (Å²) in [6.45, 7) is 4.82. The molecule has 0 radical (unpaired) electrons. The van der Waals surface area contributed by atoms with E-state index in [2.05, 4.69) is 5.32 Å². The van der Waals surface area contributed by atoms with Crippen LogP contribution in [0.5, 0.6) is 5.75 Å². The first-order chi connectivity index (χ1) is 12.3. The van der Waals surface area contributed by atoms with E-state index in [1.807, 2.05) is 13.8 Å². The molecular weight excluding hydrogens is 359 g/mol. The Morgan fingerprint density at radius 1 is 1.35 bits per heavy atom. The molecule has 1 aliphatic rings. The highest BCUT2D eigenvalue weighted by atomic mass is 32.2. The number of benzene rings is 1. The van der Waals surface area contributed by atoms with E-state index < -0.39 is 16.6 Å². The van der Waals surface area contributed by atoms with Crippen molar-refractivity contribution < 1.29 is 23.5 Å². The lowest BCUT2D eigenvalue weighted by atomic mass is 10.1. The lowest BCUT2D eigenvalue weighted by Gasteiger charge is -2.35. The number of carbonyl (C=O) groups excluding carboxylic acids is 2. The Balaban J connectivity index is 1.94. The van der Waals surface area contributed by atoms with Gasteiger partial charge in [-0.15, -0.1) is 11.8 Å². The molecule has 0 bridgehead atoms. The van der Waals surface area contributed by atoms with Gasteiger partial charge in [-0.2, -0.15) is 0 Å². The van der Waals surface area contributed by atoms with E-state index in [1.165, 1.54) is 23.9 Å². The molecule has 6 nitrogen and oxygen atoms in total. The molecular formula is C18H25FN2O4S. The van der Waals surface area contributed by atoms with Gasteiger partial charge in [0.2, 0.25) is 11.8 Å². The average molecular weight is 384 g/mol. The van der Waals surface area contributed by atoms with Crippen molar-refractivity contribution >= 4 is 23.6 Å². The lowest BCUT2D eigenvalue weighted by Crippen LogP contribution is -2.58. The SMILES string of the molecule is COCCN(CCOc1ccccc1F)C(=O)[C@@H]1CSC(C)(C)C(=O)N1. The molecule has 26 heavy (non-hydrogen) atoms. The van der Waals surface area contributed by atoms with Crippen LogP contribution in [-0.2, 0) is 14.3 Å². The van der Waals surface area contributed by atoms with Crippen molar-refractivity contribution in [2.75, 3.05) is 39.2 Å². The fraction of sp³-hybridized carbons (Fsp3) is 0.556. The van der Waals surface area contributed by atoms with Crippen LogP contribution < -0.4 is 10.1 Å². The zero-order valence-corrected chi connectivity index (χ0v) is 16.1. The standard InChI is InChI=1S/C18H25FN2O4S/c1-18(2)17(23)20-14(12-26-18)16(22)21(8-10-24-3)9-11-25-15-7-5-4-6-13(15)19/h4-7,14H,8-12H2,1-3H3,(H,20,23)/t14-/m0/s1. The fourth-order valence-corrected chi connectivity index (χ4v) is 3.44. The van der Waals surface area contributed by atoms with Gasteiger partial charge >= 0.3 is 0 Å². The van der Waals surface area contributed by atoms with Crippen LogP contribution in [0.3, 0.4) is 0 Å². The van der Waals surface area contributed by atoms with Gasteiger partial charge in [0.15, 0.2) is 11.6 Å². The van der Waals surface area contributed by atoms with Gasteiger partial charge in [0.05, 0.1) is 17.9 Å². The summed E-state index contributed by atoms with van der Waals surface area (Å²) in [6, 6.07) is 5.55. The summed E-state index contributed by atoms with van der Waals surface area (Å²) in [6.07, 6.45) is 0. The lowest BCUT2D eigenvalue weighted by molar-refractivity contribution is -0.137. The maximum Gasteiger partial charge on any atom is 0.246 e. The van der Waals surface area contributed by atoms with Gasteiger partial charge in [-0.1, -0.05) is 12.1 Å². The quantitative estimate of drug-likeness (QED) is 0.739. The highest BCUT2D eigenvalue weighted by Gasteiger charge is 2.39. The first kappa shape index (κ1) is 20.5. The Labute approximate surface area is 157 Å². The molecule has 2 amide bonds. The Morgan fingerprint density at radius 3 is 2.69 bits per heavy atom. The second-order valence-electron chi connectivity index (χ2n) is 6.44. The Morgan fingerprint density at radius 2 is 2.04 bits per heavy atom. The number of para-hydroxylation sites is 1. The van der Waals surface area contributed by atoms with Crippen molar-refractivity contribution in [3.63, 3.8) is 0 Å². The topological polar surface area (TPSA) is 67.9 Å². The minimum atomic E-state index is -0.578. The van der Waals surface area contributed by atoms with Gasteiger partial charge in [0, 0.05) is 19.4 Å². The zero-order valence-electron chi connectivity index (χ0n) is 15.3. The summed E-state index contributed by atoms with van der Waals surface area (Å²) in [5.74, 6) is -0.123. The molecule has 0 aliphatic carbocycles. The normalized spacial score (nSPS) is 18.9. The summed E-state index contributed by atoms with van der Waals surface area (Å²) in [5.41, 5.74) is 0. The average Bonchev–Trinajstić information content (AvgIpc) is 2.61. The summed E-state index contributed by atoms with van der Waals surface area (Å²) in [5, 5.41) is 2.79. The second-order valence-corrected chi connectivity index (χ2v) is 8.09. The van der Waals surface area contributed by atoms with E-state index in [0.29, 0.717) is 18.9 Å². The molecule has 1 heterocycles. The van der Waals surface area contributed by atoms with Crippen LogP contribution >= 0.6 is 11.8 Å². The van der Waals surface area contributed by atoms with Crippen LogP contribution in [0.2, 0.25) is 0 Å². The van der Waals surface area contributed by atoms with E-state index in [1.54, 1.807) is 24.1 Å². The molecule has 2 rings (SSSR count). The third kappa shape index (κ3) is 5.35. The second kappa shape index (κ2) is 9.23. The highest BCUT2D eigenvalue weighted by Crippen LogP contribution is 2.29. The van der Waals surface area contributed by atoms with Gasteiger partial charge in [-0.3, -0.25) is 9.59 Å². The molecule has 1 N–H and O–H groups in total. The molecule has 8 heteroatoms. The summed E-state index contributed by atoms with van der Waals surface area (Å²) in [7, 11) is 1.55. The van der Waals surface area contributed by atoms with Crippen LogP contribution in [0.4, 0.5) is 4.39 Å². The van der Waals surface area contributed by atoms with E-state index in [9.17, 15) is 14.0 Å². The maximum atomic E-state index is 13.6. The maximum absolute atomic E-state index is 13.6. The van der Waals surface area contributed by atoms with Gasteiger partial charge in [0.1, 0.15) is 12.6 Å². The molecule has 0 aromatic heterocycles. The Bertz CT molecular complexity index is 641. The highest BCUT2D eigenvalue weighted by molar-refractivity contribution is 8.01. The van der Waals surface area contributed by atoms with Crippen molar-refractivity contribution in [1.82, 2.24) is 10.2 Å². The molecule has 1 aliphatic heterocycles. The molecule has 0 saturated carbocycles. The van der Waals surface area contributed by atoms with Crippen LogP contribution in [0.1, 0.15) is 13.8 Å². The third-order valence-corrected chi connectivity index (χ3v) is 5.50. The predicted molar refractivity (Wildman–Crippen MR) is 98.8 cm³/mol. The smallest absolute Gasteiger partial charge is 0.246 e. The number of hydrogen-bond donors (Lipinski definition) is 1. The summed E-state index contributed by atoms with van der Waals surface area (Å²) in [4.78, 5) is 26.5. The Kier molecular flexibility index (Phi) is 7.28. The van der Waals surface area contributed by atoms with Gasteiger partial charge < -0.3 is 19.7 Å². The molecule has 1 atom stereocenters. The summed E-state index contributed by atoms with van der Waals surface area (Å²) < 4.78 is 23.6. The van der Waals surface area contributed by atoms with Crippen LogP contribution in [0.15, 0.2) is 24.3 Å². The van der Waals surface area contributed by atoms with E-state index in [-0.39, 0.29) is 30.7 Å². The van der Waals surface area contributed by atoms with E-state index in [0.717, 1.165) is 0 Å². The minimum Gasteiger partial charge on any atom is -0.489 e. The molecule has 1 saturated heterocycles. The molecule has 1 aromatic carbocycles. The van der Waals surface area contributed by atoms with Crippen molar-refractivity contribution in [2.24, 2.45) is 0 Å². The number of thioether (sulfide) groups is 1. The van der Waals surface area contributed by atoms with Crippen molar-refractivity contribution in [1.29, 1.82) is 0 Å². The monoisotopic (exact) mass is 384 g/mol. The van der Waals surface area contributed by atoms with Crippen molar-refractivity contribution in [3.8, 4) is 5.75 Å². The Hall–Kier alpha value is -1.80. The van der Waals surface area contributed by atoms with E-state index >= 15 is 0 Å². The first-order valence-electron chi connectivity index (χ1n) is 8.45. The summed E-state index contributed by atoms with van der Waals surface area (Å²) >= 11 is 1.46. The molecule has 0 spiro atoms. The van der Waals surface area contributed by atoms with Crippen molar-refractivity contribution in [2.45, 2.75) is 24.6 Å². The van der Waals surface area contributed by atoms with Gasteiger partial charge in [-0.25, -0.2) is 4.39 Å². The number of ether oxygens (including phenoxy) is 2. The molecule has 1 fully saturated rings.